The van der Waals surface area contributed by atoms with Gasteiger partial charge in [-0.1, -0.05) is 30.3 Å². The molecule has 1 N–H and O–H groups in total. The number of carbonyl (C=O) groups excluding carboxylic acids is 1. The number of anilines is 1. The van der Waals surface area contributed by atoms with Crippen molar-refractivity contribution in [1.29, 1.82) is 0 Å². The number of benzene rings is 1. The van der Waals surface area contributed by atoms with E-state index in [0.717, 1.165) is 36.6 Å². The molecule has 128 valence electrons. The fourth-order valence-corrected chi connectivity index (χ4v) is 3.22. The summed E-state index contributed by atoms with van der Waals surface area (Å²) in [6.45, 7) is 8.19. The highest BCUT2D eigenvalue weighted by Gasteiger charge is 2.41. The molecular weight excluding hydrogens is 300 g/mol. The lowest BCUT2D eigenvalue weighted by Crippen LogP contribution is -2.38. The summed E-state index contributed by atoms with van der Waals surface area (Å²) in [5.74, 6) is 0.816. The Morgan fingerprint density at radius 2 is 2.00 bits per heavy atom. The zero-order valence-corrected chi connectivity index (χ0v) is 14.9. The fourth-order valence-electron chi connectivity index (χ4n) is 3.22. The molecule has 5 heteroatoms. The van der Waals surface area contributed by atoms with Gasteiger partial charge in [0.05, 0.1) is 11.1 Å². The fraction of sp³-hybridized carbons (Fsp3) is 0.474. The molecule has 1 atom stereocenters. The second-order valence-electron chi connectivity index (χ2n) is 7.23. The van der Waals surface area contributed by atoms with Gasteiger partial charge in [-0.05, 0) is 33.7 Å². The summed E-state index contributed by atoms with van der Waals surface area (Å²) in [5, 5.41) is 7.60. The molecule has 2 aromatic rings. The normalized spacial score (nSPS) is 21.4. The zero-order valence-electron chi connectivity index (χ0n) is 14.9. The van der Waals surface area contributed by atoms with Crippen LogP contribution in [-0.4, -0.2) is 39.7 Å². The highest BCUT2D eigenvalue weighted by Crippen LogP contribution is 2.32. The van der Waals surface area contributed by atoms with Crippen LogP contribution < -0.4 is 5.32 Å². The molecular formula is C19H26N4O. The Labute approximate surface area is 143 Å². The van der Waals surface area contributed by atoms with E-state index < -0.39 is 0 Å². The van der Waals surface area contributed by atoms with Crippen molar-refractivity contribution in [3.63, 3.8) is 0 Å². The first-order chi connectivity index (χ1) is 11.4. The molecule has 1 amide bonds. The minimum Gasteiger partial charge on any atom is -0.310 e. The Balaban J connectivity index is 1.75. The third-order valence-electron chi connectivity index (χ3n) is 4.97. The Bertz CT molecular complexity index is 722. The summed E-state index contributed by atoms with van der Waals surface area (Å²) < 4.78 is 1.73. The second-order valence-corrected chi connectivity index (χ2v) is 7.23. The summed E-state index contributed by atoms with van der Waals surface area (Å²) >= 11 is 0. The number of rotatable bonds is 4. The highest BCUT2D eigenvalue weighted by atomic mass is 16.2. The number of hydrogen-bond donors (Lipinski definition) is 1. The topological polar surface area (TPSA) is 50.2 Å². The van der Waals surface area contributed by atoms with E-state index in [2.05, 4.69) is 36.1 Å². The van der Waals surface area contributed by atoms with Crippen molar-refractivity contribution >= 4 is 11.7 Å². The Hall–Kier alpha value is -2.14. The van der Waals surface area contributed by atoms with Crippen LogP contribution in [0.1, 0.15) is 27.2 Å². The van der Waals surface area contributed by atoms with Crippen LogP contribution in [0.4, 0.5) is 5.82 Å². The van der Waals surface area contributed by atoms with Gasteiger partial charge in [0, 0.05) is 31.3 Å². The summed E-state index contributed by atoms with van der Waals surface area (Å²) in [6, 6.07) is 12.4. The van der Waals surface area contributed by atoms with Crippen LogP contribution in [0.3, 0.4) is 0 Å². The number of nitrogens with zero attached hydrogens (tertiary/aromatic N) is 3. The standard InChI is InChI=1S/C19H26N4O/c1-14(2)23-11-10-19(3,13-23)18(24)20-17-12-16(21-22(17)4)15-8-6-5-7-9-15/h5-9,12,14H,10-11,13H2,1-4H3,(H,20,24). The van der Waals surface area contributed by atoms with E-state index in [1.807, 2.05) is 43.4 Å². The van der Waals surface area contributed by atoms with E-state index in [1.54, 1.807) is 4.68 Å². The smallest absolute Gasteiger partial charge is 0.232 e. The second kappa shape index (κ2) is 6.40. The highest BCUT2D eigenvalue weighted by molar-refractivity contribution is 5.95. The maximum absolute atomic E-state index is 12.8. The van der Waals surface area contributed by atoms with Crippen LogP contribution in [0.5, 0.6) is 0 Å². The molecule has 0 aliphatic carbocycles. The van der Waals surface area contributed by atoms with Crippen LogP contribution in [0.25, 0.3) is 11.3 Å². The van der Waals surface area contributed by atoms with Crippen LogP contribution in [0.2, 0.25) is 0 Å². The number of hydrogen-bond acceptors (Lipinski definition) is 3. The van der Waals surface area contributed by atoms with E-state index in [4.69, 9.17) is 0 Å². The number of amides is 1. The molecule has 1 aliphatic heterocycles. The Morgan fingerprint density at radius 3 is 2.62 bits per heavy atom. The van der Waals surface area contributed by atoms with Crippen molar-refractivity contribution in [1.82, 2.24) is 14.7 Å². The van der Waals surface area contributed by atoms with Crippen molar-refractivity contribution in [2.45, 2.75) is 33.2 Å². The molecule has 0 radical (unpaired) electrons. The van der Waals surface area contributed by atoms with Gasteiger partial charge in [-0.15, -0.1) is 0 Å². The predicted molar refractivity (Wildman–Crippen MR) is 96.7 cm³/mol. The average Bonchev–Trinajstić information content (AvgIpc) is 3.13. The summed E-state index contributed by atoms with van der Waals surface area (Å²) in [6.07, 6.45) is 0.889. The molecule has 1 aromatic heterocycles. The molecule has 3 rings (SSSR count). The predicted octanol–water partition coefficient (Wildman–Crippen LogP) is 3.15. The Kier molecular flexibility index (Phi) is 4.45. The van der Waals surface area contributed by atoms with Gasteiger partial charge < -0.3 is 5.32 Å². The molecule has 2 heterocycles. The van der Waals surface area contributed by atoms with Crippen molar-refractivity contribution in [2.24, 2.45) is 12.5 Å². The maximum atomic E-state index is 12.8. The lowest BCUT2D eigenvalue weighted by atomic mass is 9.88. The number of nitrogens with one attached hydrogen (secondary N) is 1. The molecule has 1 saturated heterocycles. The van der Waals surface area contributed by atoms with Crippen molar-refractivity contribution in [2.75, 3.05) is 18.4 Å². The molecule has 1 aliphatic rings. The maximum Gasteiger partial charge on any atom is 0.232 e. The van der Waals surface area contributed by atoms with Gasteiger partial charge in [-0.25, -0.2) is 0 Å². The minimum atomic E-state index is -0.346. The number of likely N-dealkylation sites (tertiary alicyclic amines) is 1. The SMILES string of the molecule is CC(C)N1CCC(C)(C(=O)Nc2cc(-c3ccccc3)nn2C)C1. The number of aryl methyl sites for hydroxylation is 1. The summed E-state index contributed by atoms with van der Waals surface area (Å²) in [4.78, 5) is 15.2. The van der Waals surface area contributed by atoms with Crippen LogP contribution >= 0.6 is 0 Å². The molecule has 1 aromatic carbocycles. The monoisotopic (exact) mass is 326 g/mol. The van der Waals surface area contributed by atoms with Crippen LogP contribution in [0, 0.1) is 5.41 Å². The van der Waals surface area contributed by atoms with E-state index >= 15 is 0 Å². The van der Waals surface area contributed by atoms with Crippen molar-refractivity contribution < 1.29 is 4.79 Å². The van der Waals surface area contributed by atoms with Gasteiger partial charge in [0.1, 0.15) is 5.82 Å². The van der Waals surface area contributed by atoms with Gasteiger partial charge >= 0.3 is 0 Å². The van der Waals surface area contributed by atoms with Gasteiger partial charge in [0.2, 0.25) is 5.91 Å². The van der Waals surface area contributed by atoms with Gasteiger partial charge in [-0.2, -0.15) is 5.10 Å². The van der Waals surface area contributed by atoms with Crippen molar-refractivity contribution in [3.8, 4) is 11.3 Å². The zero-order chi connectivity index (χ0) is 17.3. The lowest BCUT2D eigenvalue weighted by molar-refractivity contribution is -0.124. The third-order valence-corrected chi connectivity index (χ3v) is 4.97. The molecule has 0 bridgehead atoms. The molecule has 0 saturated carbocycles. The number of carbonyl (C=O) groups is 1. The van der Waals surface area contributed by atoms with Crippen LogP contribution in [-0.2, 0) is 11.8 Å². The summed E-state index contributed by atoms with van der Waals surface area (Å²) in [5.41, 5.74) is 1.57. The third kappa shape index (κ3) is 3.22. The first-order valence-electron chi connectivity index (χ1n) is 8.54. The quantitative estimate of drug-likeness (QED) is 0.939. The summed E-state index contributed by atoms with van der Waals surface area (Å²) in [7, 11) is 1.86. The molecule has 5 nitrogen and oxygen atoms in total. The first kappa shape index (κ1) is 16.7. The van der Waals surface area contributed by atoms with Gasteiger partial charge in [-0.3, -0.25) is 14.4 Å². The largest absolute Gasteiger partial charge is 0.310 e. The molecule has 0 spiro atoms. The molecule has 1 fully saturated rings. The van der Waals surface area contributed by atoms with Gasteiger partial charge in [0.15, 0.2) is 0 Å². The van der Waals surface area contributed by atoms with E-state index in [0.29, 0.717) is 6.04 Å². The lowest BCUT2D eigenvalue weighted by Gasteiger charge is -2.25. The first-order valence-corrected chi connectivity index (χ1v) is 8.54. The van der Waals surface area contributed by atoms with E-state index in [9.17, 15) is 4.79 Å². The van der Waals surface area contributed by atoms with E-state index in [-0.39, 0.29) is 11.3 Å². The van der Waals surface area contributed by atoms with Gasteiger partial charge in [0.25, 0.3) is 0 Å². The average molecular weight is 326 g/mol. The van der Waals surface area contributed by atoms with Crippen LogP contribution in [0.15, 0.2) is 36.4 Å². The molecule has 1 unspecified atom stereocenters. The van der Waals surface area contributed by atoms with Crippen molar-refractivity contribution in [3.05, 3.63) is 36.4 Å². The molecule has 24 heavy (non-hydrogen) atoms. The Morgan fingerprint density at radius 1 is 1.29 bits per heavy atom. The minimum absolute atomic E-state index is 0.0771. The van der Waals surface area contributed by atoms with E-state index in [1.165, 1.54) is 0 Å². The number of aromatic nitrogens is 2.